The molecule has 0 aliphatic rings. The Balaban J connectivity index is 2.21. The van der Waals surface area contributed by atoms with Crippen LogP contribution in [0.2, 0.25) is 10.0 Å². The Bertz CT molecular complexity index is 877. The van der Waals surface area contributed by atoms with Gasteiger partial charge in [0.1, 0.15) is 11.6 Å². The highest BCUT2D eigenvalue weighted by Crippen LogP contribution is 2.30. The summed E-state index contributed by atoms with van der Waals surface area (Å²) in [5, 5.41) is 9.82. The molecule has 21 heavy (non-hydrogen) atoms. The first kappa shape index (κ1) is 13.9. The monoisotopic (exact) mass is 324 g/mol. The van der Waals surface area contributed by atoms with Gasteiger partial charge in [0, 0.05) is 16.7 Å². The Morgan fingerprint density at radius 2 is 2.00 bits per heavy atom. The highest BCUT2D eigenvalue weighted by atomic mass is 35.5. The Morgan fingerprint density at radius 3 is 2.71 bits per heavy atom. The van der Waals surface area contributed by atoms with Gasteiger partial charge in [0.2, 0.25) is 0 Å². The number of fused-ring (bicyclic) bond motifs is 1. The fourth-order valence-corrected chi connectivity index (χ4v) is 2.38. The number of rotatable bonds is 2. The summed E-state index contributed by atoms with van der Waals surface area (Å²) >= 11 is 12.0. The van der Waals surface area contributed by atoms with Crippen LogP contribution in [0, 0.1) is 5.82 Å². The Kier molecular flexibility index (Phi) is 3.31. The molecule has 106 valence electrons. The van der Waals surface area contributed by atoms with E-state index in [1.54, 1.807) is 18.2 Å². The predicted molar refractivity (Wildman–Crippen MR) is 78.5 cm³/mol. The topological polar surface area (TPSA) is 66.0 Å². The van der Waals surface area contributed by atoms with Crippen LogP contribution in [-0.4, -0.2) is 21.0 Å². The predicted octanol–water partition coefficient (Wildman–Crippen LogP) is 4.37. The SMILES string of the molecule is O=C(O)c1cc2nc(-c3cc(Cl)ccc3Cl)[nH]c2cc1F. The van der Waals surface area contributed by atoms with E-state index < -0.39 is 17.3 Å². The maximum atomic E-state index is 13.6. The van der Waals surface area contributed by atoms with Crippen LogP contribution < -0.4 is 0 Å². The van der Waals surface area contributed by atoms with E-state index >= 15 is 0 Å². The summed E-state index contributed by atoms with van der Waals surface area (Å²) in [6, 6.07) is 7.14. The first-order valence-corrected chi connectivity index (χ1v) is 6.59. The Morgan fingerprint density at radius 1 is 1.24 bits per heavy atom. The van der Waals surface area contributed by atoms with E-state index in [4.69, 9.17) is 28.3 Å². The molecule has 0 aliphatic carbocycles. The zero-order chi connectivity index (χ0) is 15.1. The fourth-order valence-electron chi connectivity index (χ4n) is 2.00. The minimum absolute atomic E-state index is 0.333. The van der Waals surface area contributed by atoms with Crippen molar-refractivity contribution in [3.63, 3.8) is 0 Å². The number of nitrogens with zero attached hydrogens (tertiary/aromatic N) is 1. The molecular weight excluding hydrogens is 318 g/mol. The number of benzene rings is 2. The average Bonchev–Trinajstić information content (AvgIpc) is 2.82. The van der Waals surface area contributed by atoms with E-state index in [1.165, 1.54) is 6.07 Å². The van der Waals surface area contributed by atoms with Crippen molar-refractivity contribution in [2.24, 2.45) is 0 Å². The van der Waals surface area contributed by atoms with E-state index in [1.807, 2.05) is 0 Å². The number of nitrogens with one attached hydrogen (secondary N) is 1. The molecule has 0 saturated carbocycles. The lowest BCUT2D eigenvalue weighted by molar-refractivity contribution is 0.0692. The van der Waals surface area contributed by atoms with E-state index in [2.05, 4.69) is 9.97 Å². The number of hydrogen-bond donors (Lipinski definition) is 2. The maximum absolute atomic E-state index is 13.6. The van der Waals surface area contributed by atoms with Crippen LogP contribution in [0.5, 0.6) is 0 Å². The lowest BCUT2D eigenvalue weighted by Gasteiger charge is -2.00. The number of carbonyl (C=O) groups is 1. The minimum Gasteiger partial charge on any atom is -0.478 e. The third-order valence-corrected chi connectivity index (χ3v) is 3.55. The highest BCUT2D eigenvalue weighted by Gasteiger charge is 2.15. The molecule has 0 bridgehead atoms. The lowest BCUT2D eigenvalue weighted by Crippen LogP contribution is -1.99. The summed E-state index contributed by atoms with van der Waals surface area (Å²) in [4.78, 5) is 18.1. The number of hydrogen-bond acceptors (Lipinski definition) is 2. The van der Waals surface area contributed by atoms with Crippen molar-refractivity contribution < 1.29 is 14.3 Å². The van der Waals surface area contributed by atoms with E-state index in [0.29, 0.717) is 32.5 Å². The molecule has 1 aromatic heterocycles. The lowest BCUT2D eigenvalue weighted by atomic mass is 10.2. The summed E-state index contributed by atoms with van der Waals surface area (Å²) in [5.41, 5.74) is 0.832. The molecule has 0 saturated heterocycles. The third-order valence-electron chi connectivity index (χ3n) is 2.98. The second-order valence-corrected chi connectivity index (χ2v) is 5.21. The van der Waals surface area contributed by atoms with E-state index in [-0.39, 0.29) is 0 Å². The van der Waals surface area contributed by atoms with Gasteiger partial charge in [-0.3, -0.25) is 0 Å². The molecule has 0 spiro atoms. The molecule has 1 heterocycles. The van der Waals surface area contributed by atoms with E-state index in [0.717, 1.165) is 6.07 Å². The first-order chi connectivity index (χ1) is 9.95. The molecule has 3 aromatic rings. The summed E-state index contributed by atoms with van der Waals surface area (Å²) in [5.74, 6) is -1.79. The van der Waals surface area contributed by atoms with Crippen molar-refractivity contribution in [2.45, 2.75) is 0 Å². The average molecular weight is 325 g/mol. The second-order valence-electron chi connectivity index (χ2n) is 4.36. The van der Waals surface area contributed by atoms with Gasteiger partial charge in [0.25, 0.3) is 0 Å². The zero-order valence-corrected chi connectivity index (χ0v) is 11.8. The molecule has 4 nitrogen and oxygen atoms in total. The van der Waals surface area contributed by atoms with Crippen molar-refractivity contribution >= 4 is 40.2 Å². The number of aromatic amines is 1. The summed E-state index contributed by atoms with van der Waals surface area (Å²) in [7, 11) is 0. The van der Waals surface area contributed by atoms with Crippen LogP contribution in [0.25, 0.3) is 22.4 Å². The molecule has 0 unspecified atom stereocenters. The molecule has 0 amide bonds. The van der Waals surface area contributed by atoms with Crippen molar-refractivity contribution in [1.29, 1.82) is 0 Å². The molecule has 0 aliphatic heterocycles. The van der Waals surface area contributed by atoms with Gasteiger partial charge < -0.3 is 10.1 Å². The fraction of sp³-hybridized carbons (Fsp3) is 0. The van der Waals surface area contributed by atoms with Crippen LogP contribution in [-0.2, 0) is 0 Å². The number of aromatic nitrogens is 2. The number of H-pyrrole nitrogens is 1. The van der Waals surface area contributed by atoms with Crippen molar-refractivity contribution in [2.75, 3.05) is 0 Å². The Hall–Kier alpha value is -2.11. The van der Waals surface area contributed by atoms with Crippen LogP contribution in [0.15, 0.2) is 30.3 Å². The number of imidazole rings is 1. The molecule has 3 rings (SSSR count). The normalized spacial score (nSPS) is 11.0. The van der Waals surface area contributed by atoms with Gasteiger partial charge in [-0.15, -0.1) is 0 Å². The molecule has 0 radical (unpaired) electrons. The van der Waals surface area contributed by atoms with Crippen molar-refractivity contribution in [1.82, 2.24) is 9.97 Å². The molecule has 2 N–H and O–H groups in total. The number of carboxylic acids is 1. The van der Waals surface area contributed by atoms with Gasteiger partial charge in [-0.2, -0.15) is 0 Å². The zero-order valence-electron chi connectivity index (χ0n) is 10.3. The van der Waals surface area contributed by atoms with Gasteiger partial charge in [0.15, 0.2) is 0 Å². The van der Waals surface area contributed by atoms with Gasteiger partial charge in [-0.25, -0.2) is 14.2 Å². The van der Waals surface area contributed by atoms with Crippen molar-refractivity contribution in [3.8, 4) is 11.4 Å². The Labute approximate surface area is 128 Å². The third kappa shape index (κ3) is 2.46. The number of carboxylic acid groups (broad SMARTS) is 1. The van der Waals surface area contributed by atoms with Gasteiger partial charge in [0.05, 0.1) is 21.6 Å². The van der Waals surface area contributed by atoms with Crippen molar-refractivity contribution in [3.05, 3.63) is 51.8 Å². The van der Waals surface area contributed by atoms with Gasteiger partial charge in [-0.1, -0.05) is 23.2 Å². The van der Waals surface area contributed by atoms with E-state index in [9.17, 15) is 9.18 Å². The van der Waals surface area contributed by atoms with Crippen LogP contribution in [0.3, 0.4) is 0 Å². The molecule has 7 heteroatoms. The van der Waals surface area contributed by atoms with Crippen LogP contribution >= 0.6 is 23.2 Å². The molecule has 0 fully saturated rings. The second kappa shape index (κ2) is 5.02. The summed E-state index contributed by atoms with van der Waals surface area (Å²) in [6.07, 6.45) is 0. The van der Waals surface area contributed by atoms with Crippen LogP contribution in [0.1, 0.15) is 10.4 Å². The quantitative estimate of drug-likeness (QED) is 0.735. The molecule has 2 aromatic carbocycles. The number of halogens is 3. The summed E-state index contributed by atoms with van der Waals surface area (Å²) < 4.78 is 13.6. The minimum atomic E-state index is -1.35. The summed E-state index contributed by atoms with van der Waals surface area (Å²) in [6.45, 7) is 0. The molecular formula is C14H7Cl2FN2O2. The van der Waals surface area contributed by atoms with Gasteiger partial charge in [-0.05, 0) is 24.3 Å². The highest BCUT2D eigenvalue weighted by molar-refractivity contribution is 6.35. The standard InChI is InChI=1S/C14H7Cl2FN2O2/c15-6-1-2-9(16)7(3-6)13-18-11-4-8(14(20)21)10(17)5-12(11)19-13/h1-5H,(H,18,19)(H,20,21). The largest absolute Gasteiger partial charge is 0.478 e. The maximum Gasteiger partial charge on any atom is 0.338 e. The number of aromatic carboxylic acids is 1. The van der Waals surface area contributed by atoms with Crippen LogP contribution in [0.4, 0.5) is 4.39 Å². The smallest absolute Gasteiger partial charge is 0.338 e. The molecule has 0 atom stereocenters. The van der Waals surface area contributed by atoms with Gasteiger partial charge >= 0.3 is 5.97 Å². The first-order valence-electron chi connectivity index (χ1n) is 5.83.